The molecule has 1 aliphatic heterocycles. The van der Waals surface area contributed by atoms with Crippen LogP contribution in [0.4, 0.5) is 0 Å². The molecule has 1 aromatic rings. The van der Waals surface area contributed by atoms with Crippen LogP contribution in [0.3, 0.4) is 0 Å². The van der Waals surface area contributed by atoms with Gasteiger partial charge in [-0.1, -0.05) is 0 Å². The average molecular weight is 263 g/mol. The topological polar surface area (TPSA) is 68.5 Å². The number of likely N-dealkylation sites (tertiary alicyclic amines) is 1. The molecule has 0 aliphatic carbocycles. The number of carbonyl (C=O) groups is 1. The first kappa shape index (κ1) is 14.0. The summed E-state index contributed by atoms with van der Waals surface area (Å²) in [5, 5.41) is 0. The van der Waals surface area contributed by atoms with E-state index in [-0.39, 0.29) is 5.91 Å². The van der Waals surface area contributed by atoms with Gasteiger partial charge in [0.25, 0.3) is 5.91 Å². The van der Waals surface area contributed by atoms with Crippen LogP contribution in [0.5, 0.6) is 0 Å². The number of carbonyl (C=O) groups excluding carboxylic acids is 1. The van der Waals surface area contributed by atoms with Gasteiger partial charge in [0.15, 0.2) is 0 Å². The van der Waals surface area contributed by atoms with Crippen LogP contribution in [0.25, 0.3) is 0 Å². The highest BCUT2D eigenvalue weighted by atomic mass is 16.5. The lowest BCUT2D eigenvalue weighted by molar-refractivity contribution is 0.0613. The van der Waals surface area contributed by atoms with E-state index in [1.165, 1.54) is 0 Å². The predicted octanol–water partition coefficient (Wildman–Crippen LogP) is 1.04. The number of nitrogens with two attached hydrogens (primary N) is 1. The molecule has 0 atom stereocenters. The third kappa shape index (κ3) is 3.52. The monoisotopic (exact) mass is 263 g/mol. The molecule has 2 heterocycles. The zero-order valence-corrected chi connectivity index (χ0v) is 11.3. The highest BCUT2D eigenvalue weighted by molar-refractivity contribution is 5.94. The van der Waals surface area contributed by atoms with E-state index in [1.54, 1.807) is 25.4 Å². The number of nitrogens with zero attached hydrogens (tertiary/aromatic N) is 2. The fourth-order valence-corrected chi connectivity index (χ4v) is 2.44. The zero-order chi connectivity index (χ0) is 13.7. The van der Waals surface area contributed by atoms with E-state index < -0.39 is 0 Å². The van der Waals surface area contributed by atoms with E-state index in [2.05, 4.69) is 4.98 Å². The smallest absolute Gasteiger partial charge is 0.253 e. The van der Waals surface area contributed by atoms with E-state index in [0.29, 0.717) is 18.0 Å². The molecular weight excluding hydrogens is 242 g/mol. The first-order chi connectivity index (χ1) is 9.24. The highest BCUT2D eigenvalue weighted by Gasteiger charge is 2.23. The molecule has 5 heteroatoms. The minimum atomic E-state index is 0.0768. The number of pyridine rings is 1. The van der Waals surface area contributed by atoms with Gasteiger partial charge in [0, 0.05) is 45.1 Å². The Labute approximate surface area is 113 Å². The van der Waals surface area contributed by atoms with Gasteiger partial charge >= 0.3 is 0 Å². The van der Waals surface area contributed by atoms with Gasteiger partial charge in [0.2, 0.25) is 0 Å². The number of piperidine rings is 1. The molecule has 0 unspecified atom stereocenters. The van der Waals surface area contributed by atoms with Crippen LogP contribution in [0.15, 0.2) is 18.3 Å². The molecule has 0 aromatic carbocycles. The van der Waals surface area contributed by atoms with Crippen molar-refractivity contribution in [1.82, 2.24) is 9.88 Å². The number of amides is 1. The van der Waals surface area contributed by atoms with Gasteiger partial charge in [-0.3, -0.25) is 9.78 Å². The van der Waals surface area contributed by atoms with Gasteiger partial charge < -0.3 is 15.4 Å². The lowest BCUT2D eigenvalue weighted by Gasteiger charge is -2.31. The Balaban J connectivity index is 1.97. The van der Waals surface area contributed by atoms with Gasteiger partial charge in [0.1, 0.15) is 0 Å². The Morgan fingerprint density at radius 1 is 1.53 bits per heavy atom. The summed E-state index contributed by atoms with van der Waals surface area (Å²) in [7, 11) is 1.73. The standard InChI is InChI=1S/C14H21N3O2/c1-19-10-11-3-6-17(7-4-11)14(18)12-2-5-16-13(8-12)9-15/h2,5,8,11H,3-4,6-7,9-10,15H2,1H3. The summed E-state index contributed by atoms with van der Waals surface area (Å²) in [4.78, 5) is 18.4. The Morgan fingerprint density at radius 3 is 2.89 bits per heavy atom. The third-order valence-electron chi connectivity index (χ3n) is 3.58. The molecule has 0 saturated carbocycles. The summed E-state index contributed by atoms with van der Waals surface area (Å²) in [5.41, 5.74) is 6.98. The molecule has 1 fully saturated rings. The van der Waals surface area contributed by atoms with Gasteiger partial charge in [-0.15, -0.1) is 0 Å². The van der Waals surface area contributed by atoms with Crippen molar-refractivity contribution in [2.75, 3.05) is 26.8 Å². The molecule has 1 aromatic heterocycles. The van der Waals surface area contributed by atoms with Crippen molar-refractivity contribution < 1.29 is 9.53 Å². The molecule has 104 valence electrons. The Kier molecular flexibility index (Phi) is 4.87. The van der Waals surface area contributed by atoms with Crippen LogP contribution in [0.2, 0.25) is 0 Å². The van der Waals surface area contributed by atoms with E-state index in [4.69, 9.17) is 10.5 Å². The number of rotatable bonds is 4. The molecule has 0 radical (unpaired) electrons. The largest absolute Gasteiger partial charge is 0.384 e. The van der Waals surface area contributed by atoms with Crippen LogP contribution in [-0.4, -0.2) is 42.6 Å². The summed E-state index contributed by atoms with van der Waals surface area (Å²) in [6.45, 7) is 2.74. The fraction of sp³-hybridized carbons (Fsp3) is 0.571. The molecule has 2 rings (SSSR count). The van der Waals surface area contributed by atoms with Gasteiger partial charge in [-0.05, 0) is 30.9 Å². The Bertz CT molecular complexity index is 428. The number of methoxy groups -OCH3 is 1. The maximum absolute atomic E-state index is 12.4. The van der Waals surface area contributed by atoms with Crippen molar-refractivity contribution in [3.05, 3.63) is 29.6 Å². The molecule has 2 N–H and O–H groups in total. The second-order valence-corrected chi connectivity index (χ2v) is 4.93. The van der Waals surface area contributed by atoms with Crippen molar-refractivity contribution in [3.8, 4) is 0 Å². The molecule has 1 amide bonds. The molecule has 1 saturated heterocycles. The molecule has 19 heavy (non-hydrogen) atoms. The average Bonchev–Trinajstić information content (AvgIpc) is 2.48. The van der Waals surface area contributed by atoms with Crippen LogP contribution < -0.4 is 5.73 Å². The second-order valence-electron chi connectivity index (χ2n) is 4.93. The zero-order valence-electron chi connectivity index (χ0n) is 11.3. The number of ether oxygens (including phenoxy) is 1. The molecule has 1 aliphatic rings. The first-order valence-corrected chi connectivity index (χ1v) is 6.67. The molecular formula is C14H21N3O2. The highest BCUT2D eigenvalue weighted by Crippen LogP contribution is 2.19. The van der Waals surface area contributed by atoms with Gasteiger partial charge in [0.05, 0.1) is 5.69 Å². The first-order valence-electron chi connectivity index (χ1n) is 6.67. The number of aromatic nitrogens is 1. The fourth-order valence-electron chi connectivity index (χ4n) is 2.44. The summed E-state index contributed by atoms with van der Waals surface area (Å²) in [6, 6.07) is 3.53. The number of hydrogen-bond donors (Lipinski definition) is 1. The van der Waals surface area contributed by atoms with Crippen molar-refractivity contribution in [1.29, 1.82) is 0 Å². The van der Waals surface area contributed by atoms with Crippen LogP contribution in [0.1, 0.15) is 28.9 Å². The normalized spacial score (nSPS) is 16.6. The summed E-state index contributed by atoms with van der Waals surface area (Å²) in [5.74, 6) is 0.652. The minimum absolute atomic E-state index is 0.0768. The third-order valence-corrected chi connectivity index (χ3v) is 3.58. The second kappa shape index (κ2) is 6.63. The van der Waals surface area contributed by atoms with Crippen LogP contribution >= 0.6 is 0 Å². The van der Waals surface area contributed by atoms with Crippen LogP contribution in [-0.2, 0) is 11.3 Å². The quantitative estimate of drug-likeness (QED) is 0.881. The SMILES string of the molecule is COCC1CCN(C(=O)c2ccnc(CN)c2)CC1. The van der Waals surface area contributed by atoms with Crippen molar-refractivity contribution >= 4 is 5.91 Å². The predicted molar refractivity (Wildman–Crippen MR) is 72.6 cm³/mol. The van der Waals surface area contributed by atoms with Crippen molar-refractivity contribution in [2.24, 2.45) is 11.7 Å². The lowest BCUT2D eigenvalue weighted by atomic mass is 9.97. The van der Waals surface area contributed by atoms with Crippen LogP contribution in [0, 0.1) is 5.92 Å². The Morgan fingerprint density at radius 2 is 2.26 bits per heavy atom. The van der Waals surface area contributed by atoms with Gasteiger partial charge in [-0.25, -0.2) is 0 Å². The van der Waals surface area contributed by atoms with E-state index in [1.807, 2.05) is 4.90 Å². The number of hydrogen-bond acceptors (Lipinski definition) is 4. The maximum Gasteiger partial charge on any atom is 0.253 e. The summed E-state index contributed by atoms with van der Waals surface area (Å²) < 4.78 is 5.17. The van der Waals surface area contributed by atoms with Crippen molar-refractivity contribution in [3.63, 3.8) is 0 Å². The molecule has 0 spiro atoms. The summed E-state index contributed by atoms with van der Waals surface area (Å²) >= 11 is 0. The lowest BCUT2D eigenvalue weighted by Crippen LogP contribution is -2.39. The van der Waals surface area contributed by atoms with E-state index in [0.717, 1.165) is 38.2 Å². The molecule has 0 bridgehead atoms. The van der Waals surface area contributed by atoms with E-state index in [9.17, 15) is 4.79 Å². The molecule has 5 nitrogen and oxygen atoms in total. The minimum Gasteiger partial charge on any atom is -0.384 e. The van der Waals surface area contributed by atoms with Crippen molar-refractivity contribution in [2.45, 2.75) is 19.4 Å². The van der Waals surface area contributed by atoms with E-state index >= 15 is 0 Å². The maximum atomic E-state index is 12.4. The van der Waals surface area contributed by atoms with Gasteiger partial charge in [-0.2, -0.15) is 0 Å². The Hall–Kier alpha value is -1.46. The summed E-state index contributed by atoms with van der Waals surface area (Å²) in [6.07, 6.45) is 3.66.